The highest BCUT2D eigenvalue weighted by Gasteiger charge is 2.44. The molecule has 1 amide bonds. The number of benzene rings is 1. The molecule has 0 aromatic heterocycles. The van der Waals surface area contributed by atoms with Crippen LogP contribution in [0.4, 0.5) is 4.79 Å². The summed E-state index contributed by atoms with van der Waals surface area (Å²) >= 11 is 0. The number of ether oxygens (including phenoxy) is 2. The molecule has 6 nitrogen and oxygen atoms in total. The minimum atomic E-state index is -2.32. The molecule has 0 spiro atoms. The molecule has 0 saturated carbocycles. The monoisotopic (exact) mass is 451 g/mol. The molecule has 31 heavy (non-hydrogen) atoms. The maximum Gasteiger partial charge on any atom is 0.408 e. The summed E-state index contributed by atoms with van der Waals surface area (Å²) in [6, 6.07) is 8.40. The van der Waals surface area contributed by atoms with Crippen molar-refractivity contribution in [3.8, 4) is 0 Å². The van der Waals surface area contributed by atoms with Gasteiger partial charge in [-0.2, -0.15) is 0 Å². The summed E-state index contributed by atoms with van der Waals surface area (Å²) < 4.78 is 17.8. The first kappa shape index (κ1) is 27.2. The second-order valence-corrected chi connectivity index (χ2v) is 16.1. The van der Waals surface area contributed by atoms with Crippen LogP contribution in [0.25, 0.3) is 0 Å². The second-order valence-electron chi connectivity index (χ2n) is 11.4. The third kappa shape index (κ3) is 9.03. The van der Waals surface area contributed by atoms with Crippen molar-refractivity contribution in [3.63, 3.8) is 0 Å². The fraction of sp³-hybridized carbons (Fsp3) is 0.667. The zero-order valence-corrected chi connectivity index (χ0v) is 22.1. The Morgan fingerprint density at radius 3 is 1.74 bits per heavy atom. The minimum Gasteiger partial charge on any atom is -0.458 e. The summed E-state index contributed by atoms with van der Waals surface area (Å²) in [7, 11) is -2.32. The van der Waals surface area contributed by atoms with E-state index in [1.807, 2.05) is 30.3 Å². The van der Waals surface area contributed by atoms with Crippen molar-refractivity contribution in [1.29, 1.82) is 0 Å². The Bertz CT molecular complexity index is 742. The van der Waals surface area contributed by atoms with Crippen molar-refractivity contribution in [1.82, 2.24) is 5.32 Å². The molecular weight excluding hydrogens is 410 g/mol. The Morgan fingerprint density at radius 1 is 0.839 bits per heavy atom. The average Bonchev–Trinajstić information content (AvgIpc) is 2.54. The van der Waals surface area contributed by atoms with Crippen molar-refractivity contribution in [2.45, 2.75) is 104 Å². The van der Waals surface area contributed by atoms with Crippen LogP contribution in [0.5, 0.6) is 0 Å². The number of esters is 1. The van der Waals surface area contributed by atoms with Crippen LogP contribution in [0.2, 0.25) is 18.1 Å². The van der Waals surface area contributed by atoms with E-state index < -0.39 is 43.7 Å². The molecule has 0 fully saturated rings. The Balaban J connectivity index is 3.44. The number of amides is 1. The lowest BCUT2D eigenvalue weighted by molar-refractivity contribution is -0.160. The van der Waals surface area contributed by atoms with Crippen LogP contribution in [0.1, 0.15) is 74.0 Å². The number of rotatable bonds is 6. The van der Waals surface area contributed by atoms with Crippen LogP contribution in [0.15, 0.2) is 30.3 Å². The van der Waals surface area contributed by atoms with E-state index in [-0.39, 0.29) is 5.04 Å². The first-order valence-electron chi connectivity index (χ1n) is 10.8. The largest absolute Gasteiger partial charge is 0.458 e. The van der Waals surface area contributed by atoms with Gasteiger partial charge in [0.25, 0.3) is 0 Å². The van der Waals surface area contributed by atoms with Gasteiger partial charge < -0.3 is 19.2 Å². The van der Waals surface area contributed by atoms with E-state index in [2.05, 4.69) is 39.2 Å². The molecular formula is C24H41NO5Si. The summed E-state index contributed by atoms with van der Waals surface area (Å²) in [6.07, 6.45) is -1.41. The van der Waals surface area contributed by atoms with E-state index in [0.29, 0.717) is 0 Å². The lowest BCUT2D eigenvalue weighted by Gasteiger charge is -2.41. The summed E-state index contributed by atoms with van der Waals surface area (Å²) in [5.41, 5.74) is -0.631. The van der Waals surface area contributed by atoms with Crippen molar-refractivity contribution in [3.05, 3.63) is 35.9 Å². The molecule has 0 heterocycles. The van der Waals surface area contributed by atoms with Gasteiger partial charge in [-0.05, 0) is 65.2 Å². The number of alkyl carbamates (subject to hydrolysis) is 1. The van der Waals surface area contributed by atoms with Gasteiger partial charge >= 0.3 is 12.1 Å². The maximum atomic E-state index is 13.3. The third-order valence-corrected chi connectivity index (χ3v) is 9.45. The quantitative estimate of drug-likeness (QED) is 0.425. The number of hydrogen-bond acceptors (Lipinski definition) is 5. The smallest absolute Gasteiger partial charge is 0.408 e. The highest BCUT2D eigenvalue weighted by atomic mass is 28.4. The van der Waals surface area contributed by atoms with Gasteiger partial charge in [0, 0.05) is 0 Å². The molecule has 0 unspecified atom stereocenters. The van der Waals surface area contributed by atoms with Crippen LogP contribution < -0.4 is 5.32 Å². The van der Waals surface area contributed by atoms with Crippen LogP contribution in [-0.2, 0) is 18.7 Å². The number of nitrogens with one attached hydrogen (secondary N) is 1. The van der Waals surface area contributed by atoms with Crippen molar-refractivity contribution in [2.24, 2.45) is 0 Å². The fourth-order valence-corrected chi connectivity index (χ4v) is 3.78. The number of hydrogen-bond donors (Lipinski definition) is 1. The Labute approximate surface area is 189 Å². The zero-order chi connectivity index (χ0) is 24.3. The van der Waals surface area contributed by atoms with E-state index in [1.54, 1.807) is 41.5 Å². The molecule has 176 valence electrons. The fourth-order valence-electron chi connectivity index (χ4n) is 2.52. The number of carbonyl (C=O) groups is 2. The van der Waals surface area contributed by atoms with Gasteiger partial charge in [-0.25, -0.2) is 9.59 Å². The highest BCUT2D eigenvalue weighted by Crippen LogP contribution is 2.41. The Morgan fingerprint density at radius 2 is 1.32 bits per heavy atom. The van der Waals surface area contributed by atoms with E-state index in [4.69, 9.17) is 13.9 Å². The molecule has 1 aromatic rings. The minimum absolute atomic E-state index is 0.0928. The van der Waals surface area contributed by atoms with Gasteiger partial charge in [0.2, 0.25) is 0 Å². The van der Waals surface area contributed by atoms with Crippen LogP contribution in [-0.4, -0.2) is 37.6 Å². The summed E-state index contributed by atoms with van der Waals surface area (Å²) in [4.78, 5) is 25.9. The van der Waals surface area contributed by atoms with Gasteiger partial charge in [-0.1, -0.05) is 51.1 Å². The van der Waals surface area contributed by atoms with E-state index in [1.165, 1.54) is 0 Å². The molecule has 0 aliphatic heterocycles. The van der Waals surface area contributed by atoms with E-state index in [9.17, 15) is 9.59 Å². The molecule has 2 atom stereocenters. The lowest BCUT2D eigenvalue weighted by Crippen LogP contribution is -2.53. The van der Waals surface area contributed by atoms with Crippen molar-refractivity contribution in [2.75, 3.05) is 0 Å². The zero-order valence-electron chi connectivity index (χ0n) is 21.1. The molecule has 0 aliphatic carbocycles. The first-order valence-corrected chi connectivity index (χ1v) is 13.7. The second kappa shape index (κ2) is 9.73. The van der Waals surface area contributed by atoms with Crippen LogP contribution >= 0.6 is 0 Å². The van der Waals surface area contributed by atoms with Crippen molar-refractivity contribution >= 4 is 20.4 Å². The molecule has 0 saturated heterocycles. The molecule has 7 heteroatoms. The van der Waals surface area contributed by atoms with Gasteiger partial charge in [0.15, 0.2) is 14.4 Å². The predicted molar refractivity (Wildman–Crippen MR) is 126 cm³/mol. The van der Waals surface area contributed by atoms with Crippen LogP contribution in [0, 0.1) is 0 Å². The molecule has 0 aliphatic rings. The Kier molecular flexibility index (Phi) is 8.53. The normalized spacial score (nSPS) is 15.1. The summed E-state index contributed by atoms with van der Waals surface area (Å²) in [5, 5.41) is 2.64. The first-order chi connectivity index (χ1) is 13.8. The van der Waals surface area contributed by atoms with Crippen LogP contribution in [0.3, 0.4) is 0 Å². The van der Waals surface area contributed by atoms with Gasteiger partial charge in [-0.15, -0.1) is 0 Å². The maximum absolute atomic E-state index is 13.3. The highest BCUT2D eigenvalue weighted by molar-refractivity contribution is 6.74. The average molecular weight is 452 g/mol. The topological polar surface area (TPSA) is 73.9 Å². The van der Waals surface area contributed by atoms with Gasteiger partial charge in [0.1, 0.15) is 17.3 Å². The number of carbonyl (C=O) groups excluding carboxylic acids is 2. The summed E-state index contributed by atoms with van der Waals surface area (Å²) in [6.45, 7) is 21.3. The molecule has 0 radical (unpaired) electrons. The molecule has 1 N–H and O–H groups in total. The van der Waals surface area contributed by atoms with Gasteiger partial charge in [0.05, 0.1) is 0 Å². The summed E-state index contributed by atoms with van der Waals surface area (Å²) in [5.74, 6) is -0.564. The molecule has 1 rings (SSSR count). The third-order valence-electron chi connectivity index (χ3n) is 4.99. The van der Waals surface area contributed by atoms with Crippen molar-refractivity contribution < 1.29 is 23.5 Å². The standard InChI is InChI=1S/C24H41NO5Si/c1-22(2,3)28-20(26)18(25-21(27)29-23(4,5)6)19(17-15-13-12-14-16-17)30-31(10,11)24(7,8)9/h12-16,18-19H,1-11H3,(H,25,27)/t18-,19-/m0/s1. The predicted octanol–water partition coefficient (Wildman–Crippen LogP) is 5.98. The molecule has 0 bridgehead atoms. The Hall–Kier alpha value is -1.86. The van der Waals surface area contributed by atoms with E-state index >= 15 is 0 Å². The van der Waals surface area contributed by atoms with Gasteiger partial charge in [-0.3, -0.25) is 0 Å². The van der Waals surface area contributed by atoms with E-state index in [0.717, 1.165) is 5.56 Å². The lowest BCUT2D eigenvalue weighted by atomic mass is 10.0. The molecule has 1 aromatic carbocycles. The SMILES string of the molecule is CC(C)(C)OC(=O)N[C@H](C(=O)OC(C)(C)C)[C@@H](O[Si](C)(C)C(C)(C)C)c1ccccc1.